The van der Waals surface area contributed by atoms with E-state index in [0.29, 0.717) is 12.8 Å². The van der Waals surface area contributed by atoms with Crippen LogP contribution < -0.4 is 10.6 Å². The number of amides is 2. The van der Waals surface area contributed by atoms with Gasteiger partial charge < -0.3 is 34.7 Å². The second-order valence-electron chi connectivity index (χ2n) is 17.3. The van der Waals surface area contributed by atoms with Gasteiger partial charge in [0.25, 0.3) is 0 Å². The third-order valence-electron chi connectivity index (χ3n) is 10.3. The standard InChI is InChI=1S/C47H88N2O10S/c1-7-9-11-13-15-17-19-21-23-25-27-29-31-33-42(51)57-36-39(58-43(52)34-32-30-28-26-24-22-20-18-16-14-12-10-8-2)37-60-38-41(49-46(55)59-47(3,4)5)44(53)48-40(35-50)45(54)56-6/h39-41,50H,7-38H2,1-6H3,(H,48,53)(H,49,55)/t39-,40+,41+/m1/s1. The molecule has 0 aromatic heterocycles. The largest absolute Gasteiger partial charge is 0.467 e. The molecule has 0 bridgehead atoms. The van der Waals surface area contributed by atoms with Crippen molar-refractivity contribution in [3.05, 3.63) is 0 Å². The Hall–Kier alpha value is -2.54. The first kappa shape index (κ1) is 57.5. The summed E-state index contributed by atoms with van der Waals surface area (Å²) in [4.78, 5) is 63.6. The summed E-state index contributed by atoms with van der Waals surface area (Å²) in [6, 6.07) is -2.51. The van der Waals surface area contributed by atoms with E-state index in [0.717, 1.165) is 45.6 Å². The third kappa shape index (κ3) is 36.1. The zero-order valence-electron chi connectivity index (χ0n) is 38.9. The Morgan fingerprint density at radius 1 is 0.567 bits per heavy atom. The van der Waals surface area contributed by atoms with E-state index in [9.17, 15) is 29.1 Å². The highest BCUT2D eigenvalue weighted by molar-refractivity contribution is 7.99. The minimum Gasteiger partial charge on any atom is -0.467 e. The van der Waals surface area contributed by atoms with Crippen molar-refractivity contribution in [2.24, 2.45) is 0 Å². The number of esters is 3. The average molecular weight is 873 g/mol. The van der Waals surface area contributed by atoms with Crippen LogP contribution in [0.25, 0.3) is 0 Å². The van der Waals surface area contributed by atoms with Gasteiger partial charge in [-0.05, 0) is 33.6 Å². The number of aliphatic hydroxyl groups excluding tert-OH is 1. The zero-order valence-corrected chi connectivity index (χ0v) is 39.7. The molecule has 0 aliphatic heterocycles. The van der Waals surface area contributed by atoms with Gasteiger partial charge in [0.2, 0.25) is 5.91 Å². The Kier molecular flexibility index (Phi) is 37.7. The Labute approximate surface area is 369 Å². The summed E-state index contributed by atoms with van der Waals surface area (Å²) < 4.78 is 21.4. The van der Waals surface area contributed by atoms with E-state index in [1.54, 1.807) is 20.8 Å². The maximum absolute atomic E-state index is 13.2. The van der Waals surface area contributed by atoms with E-state index < -0.39 is 48.4 Å². The van der Waals surface area contributed by atoms with Crippen LogP contribution in [0.2, 0.25) is 0 Å². The number of hydrogen-bond acceptors (Lipinski definition) is 11. The Morgan fingerprint density at radius 2 is 0.983 bits per heavy atom. The van der Waals surface area contributed by atoms with Gasteiger partial charge in [-0.3, -0.25) is 14.4 Å². The van der Waals surface area contributed by atoms with Crippen molar-refractivity contribution in [3.8, 4) is 0 Å². The molecule has 0 radical (unpaired) electrons. The minimum atomic E-state index is -1.33. The van der Waals surface area contributed by atoms with Crippen molar-refractivity contribution in [3.63, 3.8) is 0 Å². The molecule has 0 aromatic carbocycles. The first-order chi connectivity index (χ1) is 28.9. The Balaban J connectivity index is 5.06. The molecule has 60 heavy (non-hydrogen) atoms. The highest BCUT2D eigenvalue weighted by atomic mass is 32.2. The maximum atomic E-state index is 13.2. The molecule has 2 amide bonds. The zero-order chi connectivity index (χ0) is 44.7. The highest BCUT2D eigenvalue weighted by Gasteiger charge is 2.29. The van der Waals surface area contributed by atoms with Gasteiger partial charge in [-0.2, -0.15) is 11.8 Å². The van der Waals surface area contributed by atoms with Crippen LogP contribution in [0.5, 0.6) is 0 Å². The van der Waals surface area contributed by atoms with Gasteiger partial charge in [-0.15, -0.1) is 0 Å². The van der Waals surface area contributed by atoms with Crippen molar-refractivity contribution in [2.45, 2.75) is 238 Å². The van der Waals surface area contributed by atoms with Gasteiger partial charge in [0.15, 0.2) is 6.04 Å². The molecule has 13 heteroatoms. The molecular weight excluding hydrogens is 785 g/mol. The van der Waals surface area contributed by atoms with Crippen LogP contribution in [0, 0.1) is 0 Å². The molecular formula is C47H88N2O10S. The summed E-state index contributed by atoms with van der Waals surface area (Å²) in [7, 11) is 1.13. The predicted octanol–water partition coefficient (Wildman–Crippen LogP) is 10.7. The van der Waals surface area contributed by atoms with Crippen LogP contribution in [0.4, 0.5) is 4.79 Å². The van der Waals surface area contributed by atoms with Crippen LogP contribution in [0.3, 0.4) is 0 Å². The fourth-order valence-electron chi connectivity index (χ4n) is 6.74. The molecule has 0 aliphatic rings. The number of nitrogens with one attached hydrogen (secondary N) is 2. The first-order valence-electron chi connectivity index (χ1n) is 23.8. The number of methoxy groups -OCH3 is 1. The minimum absolute atomic E-state index is 0.00418. The lowest BCUT2D eigenvalue weighted by atomic mass is 10.0. The van der Waals surface area contributed by atoms with E-state index in [-0.39, 0.29) is 36.5 Å². The number of unbranched alkanes of at least 4 members (excludes halogenated alkanes) is 24. The summed E-state index contributed by atoms with van der Waals surface area (Å²) in [5.74, 6) is -2.12. The third-order valence-corrected chi connectivity index (χ3v) is 11.5. The van der Waals surface area contributed by atoms with E-state index in [1.807, 2.05) is 0 Å². The van der Waals surface area contributed by atoms with E-state index in [2.05, 4.69) is 29.2 Å². The van der Waals surface area contributed by atoms with Gasteiger partial charge in [0.05, 0.1) is 13.7 Å². The SMILES string of the molecule is CCCCCCCCCCCCCCCC(=O)OC[C@H](CSC[C@H](NC(=O)OC(C)(C)C)C(=O)N[C@@H](CO)C(=O)OC)OC(=O)CCCCCCCCCCCCCCC. The number of alkyl carbamates (subject to hydrolysis) is 1. The Morgan fingerprint density at radius 3 is 1.38 bits per heavy atom. The number of rotatable bonds is 40. The number of carbonyl (C=O) groups excluding carboxylic acids is 5. The summed E-state index contributed by atoms with van der Waals surface area (Å²) in [6.07, 6.45) is 30.3. The molecule has 3 atom stereocenters. The fourth-order valence-corrected chi connectivity index (χ4v) is 7.77. The molecule has 0 aromatic rings. The van der Waals surface area contributed by atoms with Crippen molar-refractivity contribution in [2.75, 3.05) is 31.8 Å². The van der Waals surface area contributed by atoms with Gasteiger partial charge in [-0.1, -0.05) is 168 Å². The molecule has 352 valence electrons. The topological polar surface area (TPSA) is 167 Å². The molecule has 0 spiro atoms. The van der Waals surface area contributed by atoms with Crippen LogP contribution in [-0.4, -0.2) is 90.6 Å². The van der Waals surface area contributed by atoms with Gasteiger partial charge in [0, 0.05) is 24.3 Å². The molecule has 3 N–H and O–H groups in total. The molecule has 0 rings (SSSR count). The van der Waals surface area contributed by atoms with Crippen molar-refractivity contribution >= 4 is 41.7 Å². The normalized spacial score (nSPS) is 12.9. The number of carbonyl (C=O) groups is 5. The van der Waals surface area contributed by atoms with Crippen LogP contribution in [0.1, 0.15) is 214 Å². The van der Waals surface area contributed by atoms with Crippen molar-refractivity contribution < 1.29 is 48.0 Å². The molecule has 0 fully saturated rings. The first-order valence-corrected chi connectivity index (χ1v) is 24.9. The summed E-state index contributed by atoms with van der Waals surface area (Å²) in [5.41, 5.74) is -0.832. The van der Waals surface area contributed by atoms with E-state index in [4.69, 9.17) is 14.2 Å². The van der Waals surface area contributed by atoms with Gasteiger partial charge in [-0.25, -0.2) is 9.59 Å². The van der Waals surface area contributed by atoms with Crippen molar-refractivity contribution in [1.29, 1.82) is 0 Å². The monoisotopic (exact) mass is 873 g/mol. The van der Waals surface area contributed by atoms with E-state index >= 15 is 0 Å². The lowest BCUT2D eigenvalue weighted by Gasteiger charge is -2.25. The quantitative estimate of drug-likeness (QED) is 0.0305. The van der Waals surface area contributed by atoms with Crippen LogP contribution in [0.15, 0.2) is 0 Å². The predicted molar refractivity (Wildman–Crippen MR) is 243 cm³/mol. The average Bonchev–Trinajstić information content (AvgIpc) is 3.20. The molecule has 0 unspecified atom stereocenters. The lowest BCUT2D eigenvalue weighted by Crippen LogP contribution is -2.54. The molecule has 0 saturated carbocycles. The van der Waals surface area contributed by atoms with Crippen LogP contribution in [-0.2, 0) is 38.1 Å². The highest BCUT2D eigenvalue weighted by Crippen LogP contribution is 2.17. The van der Waals surface area contributed by atoms with Crippen molar-refractivity contribution in [1.82, 2.24) is 10.6 Å². The number of hydrogen-bond donors (Lipinski definition) is 3. The summed E-state index contributed by atoms with van der Waals surface area (Å²) in [6.45, 7) is 8.72. The van der Waals surface area contributed by atoms with Gasteiger partial charge >= 0.3 is 24.0 Å². The number of aliphatic hydroxyl groups is 1. The molecule has 0 saturated heterocycles. The second-order valence-corrected chi connectivity index (χ2v) is 18.4. The second kappa shape index (κ2) is 39.3. The van der Waals surface area contributed by atoms with Gasteiger partial charge in [0.1, 0.15) is 24.4 Å². The molecule has 12 nitrogen and oxygen atoms in total. The summed E-state index contributed by atoms with van der Waals surface area (Å²) >= 11 is 1.21. The maximum Gasteiger partial charge on any atom is 0.408 e. The Bertz CT molecular complexity index is 1100. The summed E-state index contributed by atoms with van der Waals surface area (Å²) in [5, 5.41) is 14.6. The smallest absolute Gasteiger partial charge is 0.408 e. The van der Waals surface area contributed by atoms with Crippen LogP contribution >= 0.6 is 11.8 Å². The van der Waals surface area contributed by atoms with E-state index in [1.165, 1.54) is 134 Å². The number of ether oxygens (including phenoxy) is 4. The molecule has 0 heterocycles. The molecule has 0 aliphatic carbocycles. The lowest BCUT2D eigenvalue weighted by molar-refractivity contribution is -0.157. The fraction of sp³-hybridized carbons (Fsp3) is 0.894. The number of thioether (sulfide) groups is 1.